The second-order valence-electron chi connectivity index (χ2n) is 2.89. The fourth-order valence-electron chi connectivity index (χ4n) is 0.966. The predicted octanol–water partition coefficient (Wildman–Crippen LogP) is 1.01. The second-order valence-corrected chi connectivity index (χ2v) is 2.89. The molecule has 0 saturated heterocycles. The van der Waals surface area contributed by atoms with Crippen molar-refractivity contribution in [3.05, 3.63) is 22.2 Å². The van der Waals surface area contributed by atoms with Crippen LogP contribution >= 0.6 is 0 Å². The lowest BCUT2D eigenvalue weighted by Gasteiger charge is -2.08. The highest BCUT2D eigenvalue weighted by Gasteiger charge is 2.12. The molecule has 0 aliphatic carbocycles. The minimum absolute atomic E-state index is 0.130. The Morgan fingerprint density at radius 1 is 1.73 bits per heavy atom. The Hall–Kier alpha value is -2.29. The standard InChI is InChI=1S/C9H10N4O2/c1-3-6(2)11-8-5-4-7(13(14)15)9(10)12-8/h1,4-6H,2H3,(H3,10,11,12). The van der Waals surface area contributed by atoms with Gasteiger partial charge in [-0.1, -0.05) is 5.92 Å². The molecule has 1 rings (SSSR count). The molecule has 0 fully saturated rings. The number of nitrogens with two attached hydrogens (primary N) is 1. The van der Waals surface area contributed by atoms with Crippen LogP contribution in [0.5, 0.6) is 0 Å². The second kappa shape index (κ2) is 4.28. The minimum atomic E-state index is -0.587. The number of nitrogens with zero attached hydrogens (tertiary/aromatic N) is 2. The van der Waals surface area contributed by atoms with Crippen LogP contribution in [-0.4, -0.2) is 15.9 Å². The summed E-state index contributed by atoms with van der Waals surface area (Å²) in [5, 5.41) is 13.3. The summed E-state index contributed by atoms with van der Waals surface area (Å²) in [5.74, 6) is 2.73. The molecule has 1 unspecified atom stereocenters. The summed E-state index contributed by atoms with van der Waals surface area (Å²) in [7, 11) is 0. The SMILES string of the molecule is C#CC(C)Nc1ccc([N+](=O)[O-])c(N)n1. The van der Waals surface area contributed by atoms with Crippen LogP contribution in [0.4, 0.5) is 17.3 Å². The zero-order valence-electron chi connectivity index (χ0n) is 8.10. The minimum Gasteiger partial charge on any atom is -0.378 e. The maximum Gasteiger partial charge on any atom is 0.311 e. The summed E-state index contributed by atoms with van der Waals surface area (Å²) in [5.41, 5.74) is 5.18. The number of nitrogen functional groups attached to an aromatic ring is 1. The average Bonchev–Trinajstić information content (AvgIpc) is 2.17. The number of anilines is 2. The first kappa shape index (κ1) is 10.8. The van der Waals surface area contributed by atoms with E-state index in [2.05, 4.69) is 16.2 Å². The maximum atomic E-state index is 10.4. The summed E-state index contributed by atoms with van der Waals surface area (Å²) < 4.78 is 0. The molecule has 15 heavy (non-hydrogen) atoms. The molecule has 0 aromatic carbocycles. The van der Waals surface area contributed by atoms with Crippen LogP contribution in [0.1, 0.15) is 6.92 Å². The first-order chi connectivity index (χ1) is 7.04. The molecule has 6 nitrogen and oxygen atoms in total. The van der Waals surface area contributed by atoms with E-state index in [0.717, 1.165) is 0 Å². The van der Waals surface area contributed by atoms with Gasteiger partial charge >= 0.3 is 5.69 Å². The third-order valence-electron chi connectivity index (χ3n) is 1.71. The van der Waals surface area contributed by atoms with Crippen LogP contribution < -0.4 is 11.1 Å². The van der Waals surface area contributed by atoms with Crippen molar-refractivity contribution in [2.24, 2.45) is 0 Å². The molecule has 3 N–H and O–H groups in total. The van der Waals surface area contributed by atoms with Crippen molar-refractivity contribution in [2.45, 2.75) is 13.0 Å². The molecule has 0 saturated carbocycles. The van der Waals surface area contributed by atoms with Crippen LogP contribution in [0.2, 0.25) is 0 Å². The Labute approximate surface area is 86.7 Å². The monoisotopic (exact) mass is 206 g/mol. The van der Waals surface area contributed by atoms with Gasteiger partial charge in [-0.15, -0.1) is 6.42 Å². The molecule has 6 heteroatoms. The molecule has 0 aliphatic rings. The molecule has 0 amide bonds. The van der Waals surface area contributed by atoms with Crippen molar-refractivity contribution in [3.8, 4) is 12.3 Å². The van der Waals surface area contributed by atoms with Gasteiger partial charge in [-0.3, -0.25) is 10.1 Å². The van der Waals surface area contributed by atoms with Gasteiger partial charge in [0.05, 0.1) is 11.0 Å². The highest BCUT2D eigenvalue weighted by molar-refractivity contribution is 5.57. The van der Waals surface area contributed by atoms with Crippen molar-refractivity contribution in [1.29, 1.82) is 0 Å². The summed E-state index contributed by atoms with van der Waals surface area (Å²) >= 11 is 0. The van der Waals surface area contributed by atoms with E-state index in [1.807, 2.05) is 0 Å². The van der Waals surface area contributed by atoms with Crippen molar-refractivity contribution in [1.82, 2.24) is 4.98 Å². The topological polar surface area (TPSA) is 94.1 Å². The lowest BCUT2D eigenvalue weighted by molar-refractivity contribution is -0.384. The van der Waals surface area contributed by atoms with E-state index in [1.165, 1.54) is 12.1 Å². The Morgan fingerprint density at radius 2 is 2.40 bits per heavy atom. The fourth-order valence-corrected chi connectivity index (χ4v) is 0.966. The lowest BCUT2D eigenvalue weighted by atomic mass is 10.3. The Kier molecular flexibility index (Phi) is 3.08. The largest absolute Gasteiger partial charge is 0.378 e. The van der Waals surface area contributed by atoms with E-state index < -0.39 is 4.92 Å². The third-order valence-corrected chi connectivity index (χ3v) is 1.71. The lowest BCUT2D eigenvalue weighted by Crippen LogP contribution is -2.13. The molecule has 1 atom stereocenters. The van der Waals surface area contributed by atoms with Gasteiger partial charge in [0, 0.05) is 6.07 Å². The Balaban J connectivity index is 2.93. The van der Waals surface area contributed by atoms with Gasteiger partial charge in [-0.05, 0) is 13.0 Å². The third kappa shape index (κ3) is 2.57. The van der Waals surface area contributed by atoms with Gasteiger partial charge in [0.25, 0.3) is 0 Å². The van der Waals surface area contributed by atoms with Gasteiger partial charge in [-0.25, -0.2) is 4.98 Å². The molecule has 78 valence electrons. The summed E-state index contributed by atoms with van der Waals surface area (Å²) in [4.78, 5) is 13.7. The zero-order chi connectivity index (χ0) is 11.4. The number of pyridine rings is 1. The maximum absolute atomic E-state index is 10.4. The molecular weight excluding hydrogens is 196 g/mol. The van der Waals surface area contributed by atoms with Crippen molar-refractivity contribution in [2.75, 3.05) is 11.1 Å². The Morgan fingerprint density at radius 3 is 2.87 bits per heavy atom. The normalized spacial score (nSPS) is 11.5. The van der Waals surface area contributed by atoms with Crippen molar-refractivity contribution in [3.63, 3.8) is 0 Å². The van der Waals surface area contributed by atoms with Gasteiger partial charge < -0.3 is 11.1 Å². The summed E-state index contributed by atoms with van der Waals surface area (Å²) in [6.07, 6.45) is 5.16. The van der Waals surface area contributed by atoms with Crippen molar-refractivity contribution < 1.29 is 4.92 Å². The van der Waals surface area contributed by atoms with E-state index in [0.29, 0.717) is 5.82 Å². The van der Waals surface area contributed by atoms with Crippen LogP contribution in [0.15, 0.2) is 12.1 Å². The van der Waals surface area contributed by atoms with E-state index in [-0.39, 0.29) is 17.5 Å². The number of nitrogens with one attached hydrogen (secondary N) is 1. The van der Waals surface area contributed by atoms with Crippen LogP contribution in [0, 0.1) is 22.5 Å². The van der Waals surface area contributed by atoms with Gasteiger partial charge in [0.2, 0.25) is 5.82 Å². The smallest absolute Gasteiger partial charge is 0.311 e. The molecule has 0 spiro atoms. The van der Waals surface area contributed by atoms with Gasteiger partial charge in [0.1, 0.15) is 5.82 Å². The van der Waals surface area contributed by atoms with E-state index in [9.17, 15) is 10.1 Å². The summed E-state index contributed by atoms with van der Waals surface area (Å²) in [6.45, 7) is 1.76. The predicted molar refractivity (Wildman–Crippen MR) is 57.2 cm³/mol. The molecule has 1 aromatic rings. The highest BCUT2D eigenvalue weighted by Crippen LogP contribution is 2.20. The van der Waals surface area contributed by atoms with Crippen LogP contribution in [0.25, 0.3) is 0 Å². The quantitative estimate of drug-likeness (QED) is 0.437. The molecule has 0 bridgehead atoms. The number of nitro groups is 1. The number of terminal acetylenes is 1. The molecule has 0 aliphatic heterocycles. The molecule has 1 heterocycles. The fraction of sp³-hybridized carbons (Fsp3) is 0.222. The van der Waals surface area contributed by atoms with E-state index >= 15 is 0 Å². The number of rotatable bonds is 3. The zero-order valence-corrected chi connectivity index (χ0v) is 8.10. The summed E-state index contributed by atoms with van der Waals surface area (Å²) in [6, 6.07) is 2.54. The van der Waals surface area contributed by atoms with Gasteiger partial charge in [-0.2, -0.15) is 0 Å². The number of hydrogen-bond donors (Lipinski definition) is 2. The van der Waals surface area contributed by atoms with E-state index in [4.69, 9.17) is 12.2 Å². The highest BCUT2D eigenvalue weighted by atomic mass is 16.6. The average molecular weight is 206 g/mol. The van der Waals surface area contributed by atoms with Crippen LogP contribution in [-0.2, 0) is 0 Å². The van der Waals surface area contributed by atoms with Gasteiger partial charge in [0.15, 0.2) is 0 Å². The number of aromatic nitrogens is 1. The van der Waals surface area contributed by atoms with Crippen LogP contribution in [0.3, 0.4) is 0 Å². The number of hydrogen-bond acceptors (Lipinski definition) is 5. The Bertz CT molecular complexity index is 425. The first-order valence-corrected chi connectivity index (χ1v) is 4.18. The molecule has 1 aromatic heterocycles. The molecular formula is C9H10N4O2. The van der Waals surface area contributed by atoms with Crippen molar-refractivity contribution >= 4 is 17.3 Å². The molecule has 0 radical (unpaired) electrons. The van der Waals surface area contributed by atoms with E-state index in [1.54, 1.807) is 6.92 Å². The first-order valence-electron chi connectivity index (χ1n) is 4.18.